The number of nitro benzene ring substituents is 1. The zero-order valence-electron chi connectivity index (χ0n) is 9.62. The number of nitrogen functional groups attached to an aromatic ring is 1. The minimum absolute atomic E-state index is 0.0574. The molecule has 0 unspecified atom stereocenters. The highest BCUT2D eigenvalue weighted by molar-refractivity contribution is 5.61. The molecule has 0 aliphatic rings. The predicted molar refractivity (Wildman–Crippen MR) is 67.6 cm³/mol. The Hall–Kier alpha value is -2.70. The summed E-state index contributed by atoms with van der Waals surface area (Å²) < 4.78 is 0. The number of nitro groups is 1. The van der Waals surface area contributed by atoms with Gasteiger partial charge in [0, 0.05) is 23.5 Å². The van der Waals surface area contributed by atoms with E-state index in [1.807, 2.05) is 0 Å². The van der Waals surface area contributed by atoms with Crippen molar-refractivity contribution >= 4 is 23.1 Å². The monoisotopic (exact) mass is 245 g/mol. The molecule has 1 aromatic heterocycles. The van der Waals surface area contributed by atoms with Crippen LogP contribution in [0.15, 0.2) is 30.5 Å². The van der Waals surface area contributed by atoms with E-state index in [0.29, 0.717) is 17.1 Å². The first kappa shape index (κ1) is 11.8. The molecule has 0 aliphatic heterocycles. The molecule has 3 N–H and O–H groups in total. The van der Waals surface area contributed by atoms with Crippen molar-refractivity contribution in [3.05, 3.63) is 46.1 Å². The second kappa shape index (κ2) is 4.66. The summed E-state index contributed by atoms with van der Waals surface area (Å²) in [4.78, 5) is 18.1. The van der Waals surface area contributed by atoms with E-state index in [1.54, 1.807) is 25.1 Å². The summed E-state index contributed by atoms with van der Waals surface area (Å²) in [7, 11) is 0. The molecule has 0 bridgehead atoms. The fourth-order valence-corrected chi connectivity index (χ4v) is 1.48. The van der Waals surface area contributed by atoms with E-state index in [1.165, 1.54) is 12.3 Å². The predicted octanol–water partition coefficient (Wildman–Crippen LogP) is 2.02. The molecule has 1 aromatic carbocycles. The number of rotatable bonds is 3. The van der Waals surface area contributed by atoms with Gasteiger partial charge < -0.3 is 11.1 Å². The van der Waals surface area contributed by atoms with E-state index < -0.39 is 4.92 Å². The SMILES string of the molecule is Cc1ccc(Nc2ccnc(N)n2)cc1[N+](=O)[O-]. The molecule has 1 heterocycles. The molecule has 0 radical (unpaired) electrons. The van der Waals surface area contributed by atoms with Crippen LogP contribution in [0.25, 0.3) is 0 Å². The van der Waals surface area contributed by atoms with Gasteiger partial charge in [0.2, 0.25) is 5.95 Å². The van der Waals surface area contributed by atoms with Crippen LogP contribution in [0, 0.1) is 17.0 Å². The van der Waals surface area contributed by atoms with Gasteiger partial charge in [-0.15, -0.1) is 0 Å². The molecule has 0 aliphatic carbocycles. The lowest BCUT2D eigenvalue weighted by Gasteiger charge is -2.06. The molecule has 0 saturated heterocycles. The largest absolute Gasteiger partial charge is 0.368 e. The molecule has 7 nitrogen and oxygen atoms in total. The Balaban J connectivity index is 2.30. The van der Waals surface area contributed by atoms with Crippen molar-refractivity contribution in [1.29, 1.82) is 0 Å². The highest BCUT2D eigenvalue weighted by atomic mass is 16.6. The van der Waals surface area contributed by atoms with Crippen LogP contribution in [0.2, 0.25) is 0 Å². The number of nitrogens with one attached hydrogen (secondary N) is 1. The van der Waals surface area contributed by atoms with E-state index in [4.69, 9.17) is 5.73 Å². The summed E-state index contributed by atoms with van der Waals surface area (Å²) >= 11 is 0. The summed E-state index contributed by atoms with van der Waals surface area (Å²) in [6, 6.07) is 6.49. The minimum Gasteiger partial charge on any atom is -0.368 e. The number of aromatic nitrogens is 2. The van der Waals surface area contributed by atoms with Crippen molar-refractivity contribution in [1.82, 2.24) is 9.97 Å². The van der Waals surface area contributed by atoms with Gasteiger partial charge in [0.15, 0.2) is 0 Å². The highest BCUT2D eigenvalue weighted by Gasteiger charge is 2.11. The number of hydrogen-bond acceptors (Lipinski definition) is 6. The lowest BCUT2D eigenvalue weighted by molar-refractivity contribution is -0.385. The van der Waals surface area contributed by atoms with Crippen LogP contribution in [0.3, 0.4) is 0 Å². The maximum Gasteiger partial charge on any atom is 0.274 e. The average molecular weight is 245 g/mol. The Morgan fingerprint density at radius 2 is 2.17 bits per heavy atom. The van der Waals surface area contributed by atoms with Crippen LogP contribution in [0.5, 0.6) is 0 Å². The van der Waals surface area contributed by atoms with Gasteiger partial charge in [-0.3, -0.25) is 10.1 Å². The maximum absolute atomic E-state index is 10.8. The molecule has 18 heavy (non-hydrogen) atoms. The second-order valence-corrected chi connectivity index (χ2v) is 3.68. The van der Waals surface area contributed by atoms with Crippen LogP contribution in [-0.4, -0.2) is 14.9 Å². The van der Waals surface area contributed by atoms with Gasteiger partial charge in [-0.25, -0.2) is 4.98 Å². The number of hydrogen-bond donors (Lipinski definition) is 2. The van der Waals surface area contributed by atoms with Crippen LogP contribution in [-0.2, 0) is 0 Å². The summed E-state index contributed by atoms with van der Waals surface area (Å²) in [5.74, 6) is 0.627. The van der Waals surface area contributed by atoms with Crippen molar-refractivity contribution in [2.24, 2.45) is 0 Å². The standard InChI is InChI=1S/C11H11N5O2/c1-7-2-3-8(6-9(7)16(17)18)14-10-4-5-13-11(12)15-10/h2-6H,1H3,(H3,12,13,14,15). The summed E-state index contributed by atoms with van der Waals surface area (Å²) in [6.07, 6.45) is 1.51. The summed E-state index contributed by atoms with van der Waals surface area (Å²) in [5, 5.41) is 13.7. The highest BCUT2D eigenvalue weighted by Crippen LogP contribution is 2.24. The van der Waals surface area contributed by atoms with E-state index >= 15 is 0 Å². The first-order valence-corrected chi connectivity index (χ1v) is 5.17. The summed E-state index contributed by atoms with van der Waals surface area (Å²) in [5.41, 5.74) is 6.68. The molecule has 0 atom stereocenters. The van der Waals surface area contributed by atoms with Crippen molar-refractivity contribution in [3.63, 3.8) is 0 Å². The van der Waals surface area contributed by atoms with Crippen LogP contribution in [0.1, 0.15) is 5.56 Å². The van der Waals surface area contributed by atoms with E-state index in [-0.39, 0.29) is 11.6 Å². The van der Waals surface area contributed by atoms with Gasteiger partial charge in [-0.2, -0.15) is 4.98 Å². The third kappa shape index (κ3) is 2.51. The zero-order chi connectivity index (χ0) is 13.1. The number of anilines is 3. The molecule has 0 fully saturated rings. The van der Waals surface area contributed by atoms with E-state index in [9.17, 15) is 10.1 Å². The first-order chi connectivity index (χ1) is 8.56. The van der Waals surface area contributed by atoms with Crippen LogP contribution < -0.4 is 11.1 Å². The number of aryl methyl sites for hydroxylation is 1. The van der Waals surface area contributed by atoms with Crippen molar-refractivity contribution in [3.8, 4) is 0 Å². The lowest BCUT2D eigenvalue weighted by atomic mass is 10.2. The molecular weight excluding hydrogens is 234 g/mol. The maximum atomic E-state index is 10.8. The van der Waals surface area contributed by atoms with Gasteiger partial charge in [-0.1, -0.05) is 6.07 Å². The lowest BCUT2D eigenvalue weighted by Crippen LogP contribution is -2.00. The number of nitrogens with zero attached hydrogens (tertiary/aromatic N) is 3. The Labute approximate surface area is 103 Å². The Morgan fingerprint density at radius 1 is 1.39 bits per heavy atom. The third-order valence-corrected chi connectivity index (χ3v) is 2.35. The van der Waals surface area contributed by atoms with Crippen molar-refractivity contribution in [2.75, 3.05) is 11.1 Å². The van der Waals surface area contributed by atoms with Gasteiger partial charge in [0.05, 0.1) is 4.92 Å². The van der Waals surface area contributed by atoms with E-state index in [0.717, 1.165) is 0 Å². The molecule has 92 valence electrons. The van der Waals surface area contributed by atoms with Gasteiger partial charge in [0.25, 0.3) is 5.69 Å². The fourth-order valence-electron chi connectivity index (χ4n) is 1.48. The normalized spacial score (nSPS) is 10.1. The zero-order valence-corrected chi connectivity index (χ0v) is 9.62. The summed E-state index contributed by atoms with van der Waals surface area (Å²) in [6.45, 7) is 1.69. The Morgan fingerprint density at radius 3 is 2.83 bits per heavy atom. The number of benzene rings is 1. The topological polar surface area (TPSA) is 107 Å². The van der Waals surface area contributed by atoms with Gasteiger partial charge in [-0.05, 0) is 19.1 Å². The minimum atomic E-state index is -0.422. The number of nitrogens with two attached hydrogens (primary N) is 1. The molecule has 7 heteroatoms. The molecular formula is C11H11N5O2. The van der Waals surface area contributed by atoms with Crippen LogP contribution >= 0.6 is 0 Å². The first-order valence-electron chi connectivity index (χ1n) is 5.17. The molecule has 2 aromatic rings. The molecule has 0 amide bonds. The Bertz CT molecular complexity index is 600. The van der Waals surface area contributed by atoms with Crippen molar-refractivity contribution < 1.29 is 4.92 Å². The van der Waals surface area contributed by atoms with Crippen molar-refractivity contribution in [2.45, 2.75) is 6.92 Å². The van der Waals surface area contributed by atoms with E-state index in [2.05, 4.69) is 15.3 Å². The molecule has 0 saturated carbocycles. The Kier molecular flexibility index (Phi) is 3.05. The van der Waals surface area contributed by atoms with Crippen LogP contribution in [0.4, 0.5) is 23.1 Å². The third-order valence-electron chi connectivity index (χ3n) is 2.35. The van der Waals surface area contributed by atoms with Gasteiger partial charge >= 0.3 is 0 Å². The molecule has 0 spiro atoms. The molecule has 2 rings (SSSR count). The second-order valence-electron chi connectivity index (χ2n) is 3.68. The van der Waals surface area contributed by atoms with Gasteiger partial charge in [0.1, 0.15) is 5.82 Å². The quantitative estimate of drug-likeness (QED) is 0.632. The average Bonchev–Trinajstić information content (AvgIpc) is 2.31. The smallest absolute Gasteiger partial charge is 0.274 e. The fraction of sp³-hybridized carbons (Fsp3) is 0.0909.